The Morgan fingerprint density at radius 2 is 2.16 bits per heavy atom. The lowest BCUT2D eigenvalue weighted by Crippen LogP contribution is -2.17. The second-order valence-corrected chi connectivity index (χ2v) is 4.77. The molecule has 0 spiro atoms. The molecule has 0 fully saturated rings. The van der Waals surface area contributed by atoms with Crippen LogP contribution in [0.5, 0.6) is 0 Å². The van der Waals surface area contributed by atoms with Crippen molar-refractivity contribution in [3.05, 3.63) is 41.3 Å². The number of pyridine rings is 1. The maximum Gasteiger partial charge on any atom is 0.275 e. The van der Waals surface area contributed by atoms with Crippen molar-refractivity contribution >= 4 is 11.7 Å². The third kappa shape index (κ3) is 2.23. The lowest BCUT2D eigenvalue weighted by Gasteiger charge is -2.11. The zero-order chi connectivity index (χ0) is 13.2. The van der Waals surface area contributed by atoms with Gasteiger partial charge in [0, 0.05) is 18.8 Å². The number of aryl methyl sites for hydroxylation is 2. The Morgan fingerprint density at radius 1 is 1.32 bits per heavy atom. The number of nitrogens with zero attached hydrogens (tertiary/aromatic N) is 3. The molecule has 2 heterocycles. The Kier molecular flexibility index (Phi) is 3.03. The molecule has 1 aliphatic rings. The molecule has 0 radical (unpaired) electrons. The lowest BCUT2D eigenvalue weighted by molar-refractivity contribution is 0.102. The number of amides is 1. The summed E-state index contributed by atoms with van der Waals surface area (Å²) in [6.45, 7) is 0. The van der Waals surface area contributed by atoms with Gasteiger partial charge in [-0.1, -0.05) is 6.07 Å². The summed E-state index contributed by atoms with van der Waals surface area (Å²) in [4.78, 5) is 16.2. The van der Waals surface area contributed by atoms with Crippen molar-refractivity contribution in [1.82, 2.24) is 14.8 Å². The van der Waals surface area contributed by atoms with Crippen LogP contribution in [-0.4, -0.2) is 20.7 Å². The molecular formula is C14H16N4O. The van der Waals surface area contributed by atoms with Crippen LogP contribution in [0, 0.1) is 0 Å². The number of hydrogen-bond acceptors (Lipinski definition) is 3. The third-order valence-electron chi connectivity index (χ3n) is 3.45. The van der Waals surface area contributed by atoms with Crippen LogP contribution in [0.1, 0.15) is 34.6 Å². The topological polar surface area (TPSA) is 59.8 Å². The second kappa shape index (κ2) is 4.84. The molecule has 5 heteroatoms. The molecule has 0 unspecified atom stereocenters. The molecule has 1 aliphatic carbocycles. The number of rotatable bonds is 2. The normalized spacial score (nSPS) is 13.9. The number of anilines is 1. The first kappa shape index (κ1) is 11.9. The predicted molar refractivity (Wildman–Crippen MR) is 72.0 cm³/mol. The summed E-state index contributed by atoms with van der Waals surface area (Å²) in [5.74, 6) is 0.627. The fourth-order valence-electron chi connectivity index (χ4n) is 2.51. The van der Waals surface area contributed by atoms with Gasteiger partial charge in [0.05, 0.1) is 5.69 Å². The van der Waals surface area contributed by atoms with Crippen molar-refractivity contribution in [1.29, 1.82) is 0 Å². The summed E-state index contributed by atoms with van der Waals surface area (Å²) in [5.41, 5.74) is 2.72. The van der Waals surface area contributed by atoms with Crippen molar-refractivity contribution in [2.45, 2.75) is 25.7 Å². The first-order valence-electron chi connectivity index (χ1n) is 6.53. The molecule has 0 aliphatic heterocycles. The molecule has 0 atom stereocenters. The molecule has 98 valence electrons. The van der Waals surface area contributed by atoms with E-state index >= 15 is 0 Å². The molecule has 5 nitrogen and oxygen atoms in total. The van der Waals surface area contributed by atoms with E-state index < -0.39 is 0 Å². The molecule has 0 saturated carbocycles. The second-order valence-electron chi connectivity index (χ2n) is 4.77. The van der Waals surface area contributed by atoms with Gasteiger partial charge in [-0.15, -0.1) is 0 Å². The Labute approximate surface area is 111 Å². The molecular weight excluding hydrogens is 240 g/mol. The standard InChI is InChI=1S/C14H16N4O/c1-18-13(10-6-2-3-7-11(10)17-18)16-14(19)12-8-4-5-9-15-12/h4-5,8-9H,2-3,6-7H2,1H3,(H,16,19). The molecule has 2 aromatic heterocycles. The van der Waals surface area contributed by atoms with Gasteiger partial charge < -0.3 is 5.32 Å². The number of aromatic nitrogens is 3. The molecule has 3 rings (SSSR count). The van der Waals surface area contributed by atoms with E-state index in [1.165, 1.54) is 12.0 Å². The molecule has 19 heavy (non-hydrogen) atoms. The monoisotopic (exact) mass is 256 g/mol. The summed E-state index contributed by atoms with van der Waals surface area (Å²) in [6, 6.07) is 5.31. The average molecular weight is 256 g/mol. The minimum atomic E-state index is -0.183. The highest BCUT2D eigenvalue weighted by Gasteiger charge is 2.21. The molecule has 0 aromatic carbocycles. The highest BCUT2D eigenvalue weighted by molar-refractivity contribution is 6.02. The van der Waals surface area contributed by atoms with E-state index in [1.54, 1.807) is 29.1 Å². The number of fused-ring (bicyclic) bond motifs is 1. The fraction of sp³-hybridized carbons (Fsp3) is 0.357. The highest BCUT2D eigenvalue weighted by Crippen LogP contribution is 2.27. The summed E-state index contributed by atoms with van der Waals surface area (Å²) >= 11 is 0. The van der Waals surface area contributed by atoms with E-state index in [-0.39, 0.29) is 5.91 Å². The number of hydrogen-bond donors (Lipinski definition) is 1. The fourth-order valence-corrected chi connectivity index (χ4v) is 2.51. The lowest BCUT2D eigenvalue weighted by atomic mass is 9.97. The zero-order valence-corrected chi connectivity index (χ0v) is 10.9. The van der Waals surface area contributed by atoms with Crippen LogP contribution in [0.3, 0.4) is 0 Å². The number of carbonyl (C=O) groups is 1. The average Bonchev–Trinajstić information content (AvgIpc) is 2.76. The minimum absolute atomic E-state index is 0.183. The minimum Gasteiger partial charge on any atom is -0.305 e. The Balaban J connectivity index is 1.88. The van der Waals surface area contributed by atoms with E-state index in [0.717, 1.165) is 30.8 Å². The van der Waals surface area contributed by atoms with Gasteiger partial charge in [-0.25, -0.2) is 0 Å². The van der Waals surface area contributed by atoms with Gasteiger partial charge in [-0.2, -0.15) is 5.10 Å². The van der Waals surface area contributed by atoms with Crippen molar-refractivity contribution in [2.75, 3.05) is 5.32 Å². The largest absolute Gasteiger partial charge is 0.305 e. The third-order valence-corrected chi connectivity index (χ3v) is 3.45. The van der Waals surface area contributed by atoms with Crippen LogP contribution >= 0.6 is 0 Å². The van der Waals surface area contributed by atoms with Crippen molar-refractivity contribution < 1.29 is 4.79 Å². The Bertz CT molecular complexity index is 603. The van der Waals surface area contributed by atoms with Gasteiger partial charge in [0.25, 0.3) is 5.91 Å². The van der Waals surface area contributed by atoms with Crippen LogP contribution in [0.4, 0.5) is 5.82 Å². The van der Waals surface area contributed by atoms with Gasteiger partial charge >= 0.3 is 0 Å². The van der Waals surface area contributed by atoms with Crippen molar-refractivity contribution in [3.63, 3.8) is 0 Å². The molecule has 0 bridgehead atoms. The first-order valence-corrected chi connectivity index (χ1v) is 6.53. The Hall–Kier alpha value is -2.17. The van der Waals surface area contributed by atoms with Crippen molar-refractivity contribution in [3.8, 4) is 0 Å². The summed E-state index contributed by atoms with van der Waals surface area (Å²) < 4.78 is 1.76. The number of carbonyl (C=O) groups excluding carboxylic acids is 1. The van der Waals surface area contributed by atoms with Crippen molar-refractivity contribution in [2.24, 2.45) is 7.05 Å². The summed E-state index contributed by atoms with van der Waals surface area (Å²) in [6.07, 6.45) is 5.94. The van der Waals surface area contributed by atoms with Crippen LogP contribution in [0.15, 0.2) is 24.4 Å². The van der Waals surface area contributed by atoms with E-state index in [1.807, 2.05) is 7.05 Å². The van der Waals surface area contributed by atoms with Gasteiger partial charge in [-0.3, -0.25) is 14.5 Å². The summed E-state index contributed by atoms with van der Waals surface area (Å²) in [5, 5.41) is 7.41. The summed E-state index contributed by atoms with van der Waals surface area (Å²) in [7, 11) is 1.87. The molecule has 1 N–H and O–H groups in total. The maximum atomic E-state index is 12.1. The maximum absolute atomic E-state index is 12.1. The highest BCUT2D eigenvalue weighted by atomic mass is 16.2. The Morgan fingerprint density at radius 3 is 2.95 bits per heavy atom. The van der Waals surface area contributed by atoms with Gasteiger partial charge in [0.2, 0.25) is 0 Å². The van der Waals surface area contributed by atoms with E-state index in [2.05, 4.69) is 15.4 Å². The molecule has 2 aromatic rings. The quantitative estimate of drug-likeness (QED) is 0.893. The SMILES string of the molecule is Cn1nc2c(c1NC(=O)c1ccccn1)CCCC2. The van der Waals surface area contributed by atoms with E-state index in [9.17, 15) is 4.79 Å². The van der Waals surface area contributed by atoms with Crippen LogP contribution in [-0.2, 0) is 19.9 Å². The van der Waals surface area contributed by atoms with Crippen LogP contribution in [0.2, 0.25) is 0 Å². The van der Waals surface area contributed by atoms with Crippen LogP contribution in [0.25, 0.3) is 0 Å². The number of nitrogens with one attached hydrogen (secondary N) is 1. The van der Waals surface area contributed by atoms with E-state index in [0.29, 0.717) is 5.69 Å². The van der Waals surface area contributed by atoms with E-state index in [4.69, 9.17) is 0 Å². The molecule has 0 saturated heterocycles. The van der Waals surface area contributed by atoms with Crippen LogP contribution < -0.4 is 5.32 Å². The zero-order valence-electron chi connectivity index (χ0n) is 10.9. The van der Waals surface area contributed by atoms with Gasteiger partial charge in [-0.05, 0) is 37.8 Å². The molecule has 1 amide bonds. The van der Waals surface area contributed by atoms with Gasteiger partial charge in [0.1, 0.15) is 11.5 Å². The predicted octanol–water partition coefficient (Wildman–Crippen LogP) is 1.95. The smallest absolute Gasteiger partial charge is 0.275 e. The first-order chi connectivity index (χ1) is 9.25. The van der Waals surface area contributed by atoms with Gasteiger partial charge in [0.15, 0.2) is 0 Å².